The highest BCUT2D eigenvalue weighted by Gasteiger charge is 2.14. The molecule has 0 fully saturated rings. The first-order chi connectivity index (χ1) is 7.66. The number of nitrogens with zero attached hydrogens (tertiary/aromatic N) is 1. The van der Waals surface area contributed by atoms with Crippen LogP contribution in [0.15, 0.2) is 4.79 Å². The van der Waals surface area contributed by atoms with Crippen molar-refractivity contribution in [1.29, 1.82) is 0 Å². The van der Waals surface area contributed by atoms with E-state index in [9.17, 15) is 4.79 Å². The van der Waals surface area contributed by atoms with Crippen LogP contribution < -0.4 is 10.9 Å². The lowest BCUT2D eigenvalue weighted by Crippen LogP contribution is -2.31. The average Bonchev–Trinajstić information content (AvgIpc) is 2.26. The maximum Gasteiger partial charge on any atom is 0.254 e. The first kappa shape index (κ1) is 11.3. The van der Waals surface area contributed by atoms with Crippen LogP contribution in [0.3, 0.4) is 0 Å². The van der Waals surface area contributed by atoms with Crippen LogP contribution in [0.25, 0.3) is 0 Å². The summed E-state index contributed by atoms with van der Waals surface area (Å²) in [5, 5.41) is 3.24. The Labute approximate surface area is 95.5 Å². The number of H-pyrrole nitrogens is 1. The van der Waals surface area contributed by atoms with Crippen molar-refractivity contribution in [2.75, 3.05) is 6.54 Å². The van der Waals surface area contributed by atoms with E-state index in [1.807, 2.05) is 0 Å². The zero-order chi connectivity index (χ0) is 11.5. The molecule has 88 valence electrons. The van der Waals surface area contributed by atoms with E-state index in [0.29, 0.717) is 5.92 Å². The molecular formula is C12H19N3O. The number of fused-ring (bicyclic) bond motifs is 1. The summed E-state index contributed by atoms with van der Waals surface area (Å²) in [4.78, 5) is 19.2. The molecule has 1 aliphatic rings. The third kappa shape index (κ3) is 2.50. The first-order valence-corrected chi connectivity index (χ1v) is 5.98. The first-order valence-electron chi connectivity index (χ1n) is 5.98. The van der Waals surface area contributed by atoms with Gasteiger partial charge in [0, 0.05) is 18.5 Å². The van der Waals surface area contributed by atoms with Crippen LogP contribution in [-0.4, -0.2) is 16.5 Å². The molecular weight excluding hydrogens is 202 g/mol. The molecule has 2 N–H and O–H groups in total. The predicted molar refractivity (Wildman–Crippen MR) is 63.4 cm³/mol. The molecule has 0 unspecified atom stereocenters. The molecule has 0 spiro atoms. The Morgan fingerprint density at radius 2 is 2.25 bits per heavy atom. The minimum Gasteiger partial charge on any atom is -0.311 e. The van der Waals surface area contributed by atoms with Gasteiger partial charge in [-0.25, -0.2) is 4.98 Å². The van der Waals surface area contributed by atoms with Gasteiger partial charge in [-0.05, 0) is 25.3 Å². The Balaban J connectivity index is 2.22. The molecule has 0 aromatic carbocycles. The van der Waals surface area contributed by atoms with Gasteiger partial charge >= 0.3 is 0 Å². The minimum absolute atomic E-state index is 0.0604. The summed E-state index contributed by atoms with van der Waals surface area (Å²) in [5.41, 5.74) is 1.87. The van der Waals surface area contributed by atoms with E-state index >= 15 is 0 Å². The van der Waals surface area contributed by atoms with Gasteiger partial charge in [-0.3, -0.25) is 4.79 Å². The van der Waals surface area contributed by atoms with Gasteiger partial charge in [0.05, 0.1) is 5.69 Å². The van der Waals surface area contributed by atoms with Crippen LogP contribution in [0, 0.1) is 5.92 Å². The Hall–Kier alpha value is -1.16. The van der Waals surface area contributed by atoms with Gasteiger partial charge in [-0.1, -0.05) is 13.8 Å². The zero-order valence-corrected chi connectivity index (χ0v) is 9.97. The van der Waals surface area contributed by atoms with Gasteiger partial charge in [0.25, 0.3) is 5.56 Å². The van der Waals surface area contributed by atoms with E-state index in [-0.39, 0.29) is 5.56 Å². The lowest BCUT2D eigenvalue weighted by molar-refractivity contribution is 0.562. The standard InChI is InChI=1S/C12H19N3O/c1-8(2)3-4-11-14-10-7-13-6-5-9(10)12(16)15-11/h8,13H,3-7H2,1-2H3,(H,14,15,16). The van der Waals surface area contributed by atoms with Gasteiger partial charge < -0.3 is 10.3 Å². The monoisotopic (exact) mass is 221 g/mol. The van der Waals surface area contributed by atoms with Crippen LogP contribution in [0.2, 0.25) is 0 Å². The second kappa shape index (κ2) is 4.78. The number of aromatic amines is 1. The molecule has 0 bridgehead atoms. The summed E-state index contributed by atoms with van der Waals surface area (Å²) >= 11 is 0. The van der Waals surface area contributed by atoms with Crippen molar-refractivity contribution in [3.63, 3.8) is 0 Å². The fourth-order valence-corrected chi connectivity index (χ4v) is 1.96. The molecule has 2 rings (SSSR count). The third-order valence-electron chi connectivity index (χ3n) is 2.95. The SMILES string of the molecule is CC(C)CCc1nc2c(c(=O)[nH]1)CCNC2. The summed E-state index contributed by atoms with van der Waals surface area (Å²) in [7, 11) is 0. The highest BCUT2D eigenvalue weighted by atomic mass is 16.1. The second-order valence-electron chi connectivity index (χ2n) is 4.80. The molecule has 16 heavy (non-hydrogen) atoms. The number of nitrogens with one attached hydrogen (secondary N) is 2. The van der Waals surface area contributed by atoms with E-state index in [4.69, 9.17) is 0 Å². The Morgan fingerprint density at radius 1 is 1.44 bits per heavy atom. The number of aromatic nitrogens is 2. The molecule has 0 atom stereocenters. The van der Waals surface area contributed by atoms with E-state index in [0.717, 1.165) is 49.4 Å². The highest BCUT2D eigenvalue weighted by Crippen LogP contribution is 2.09. The van der Waals surface area contributed by atoms with Gasteiger partial charge in [0.1, 0.15) is 5.82 Å². The topological polar surface area (TPSA) is 57.8 Å². The molecule has 4 nitrogen and oxygen atoms in total. The third-order valence-corrected chi connectivity index (χ3v) is 2.95. The molecule has 1 aromatic heterocycles. The van der Waals surface area contributed by atoms with Crippen molar-refractivity contribution in [2.45, 2.75) is 39.7 Å². The molecule has 0 radical (unpaired) electrons. The molecule has 2 heterocycles. The van der Waals surface area contributed by atoms with Crippen molar-refractivity contribution in [2.24, 2.45) is 5.92 Å². The fraction of sp³-hybridized carbons (Fsp3) is 0.667. The summed E-state index contributed by atoms with van der Waals surface area (Å²) in [6, 6.07) is 0. The van der Waals surface area contributed by atoms with Crippen LogP contribution in [0.4, 0.5) is 0 Å². The number of aryl methyl sites for hydroxylation is 1. The zero-order valence-electron chi connectivity index (χ0n) is 9.97. The van der Waals surface area contributed by atoms with Crippen molar-refractivity contribution in [3.05, 3.63) is 27.4 Å². The maximum absolute atomic E-state index is 11.8. The molecule has 1 aliphatic heterocycles. The Morgan fingerprint density at radius 3 is 3.00 bits per heavy atom. The van der Waals surface area contributed by atoms with Crippen molar-refractivity contribution in [3.8, 4) is 0 Å². The van der Waals surface area contributed by atoms with Crippen LogP contribution in [-0.2, 0) is 19.4 Å². The van der Waals surface area contributed by atoms with E-state index in [2.05, 4.69) is 29.1 Å². The summed E-state index contributed by atoms with van der Waals surface area (Å²) < 4.78 is 0. The smallest absolute Gasteiger partial charge is 0.254 e. The number of rotatable bonds is 3. The number of hydrogen-bond donors (Lipinski definition) is 2. The Bertz CT molecular complexity index is 423. The normalized spacial score (nSPS) is 15.2. The minimum atomic E-state index is 0.0604. The summed E-state index contributed by atoms with van der Waals surface area (Å²) in [6.07, 6.45) is 2.72. The van der Waals surface area contributed by atoms with Crippen LogP contribution in [0.1, 0.15) is 37.4 Å². The largest absolute Gasteiger partial charge is 0.311 e. The van der Waals surface area contributed by atoms with Gasteiger partial charge in [-0.2, -0.15) is 0 Å². The van der Waals surface area contributed by atoms with Gasteiger partial charge in [0.2, 0.25) is 0 Å². The van der Waals surface area contributed by atoms with Crippen molar-refractivity contribution < 1.29 is 0 Å². The summed E-state index contributed by atoms with van der Waals surface area (Å²) in [6.45, 7) is 5.97. The van der Waals surface area contributed by atoms with Gasteiger partial charge in [-0.15, -0.1) is 0 Å². The Kier molecular flexibility index (Phi) is 3.39. The maximum atomic E-state index is 11.8. The lowest BCUT2D eigenvalue weighted by atomic mass is 10.1. The molecule has 0 saturated heterocycles. The highest BCUT2D eigenvalue weighted by molar-refractivity contribution is 5.20. The van der Waals surface area contributed by atoms with Crippen molar-refractivity contribution in [1.82, 2.24) is 15.3 Å². The fourth-order valence-electron chi connectivity index (χ4n) is 1.96. The van der Waals surface area contributed by atoms with Crippen LogP contribution in [0.5, 0.6) is 0 Å². The quantitative estimate of drug-likeness (QED) is 0.800. The van der Waals surface area contributed by atoms with Crippen molar-refractivity contribution >= 4 is 0 Å². The molecule has 4 heteroatoms. The van der Waals surface area contributed by atoms with E-state index in [1.165, 1.54) is 0 Å². The van der Waals surface area contributed by atoms with E-state index in [1.54, 1.807) is 0 Å². The van der Waals surface area contributed by atoms with Gasteiger partial charge in [0.15, 0.2) is 0 Å². The van der Waals surface area contributed by atoms with Crippen LogP contribution >= 0.6 is 0 Å². The molecule has 0 amide bonds. The second-order valence-corrected chi connectivity index (χ2v) is 4.80. The predicted octanol–water partition coefficient (Wildman–Crippen LogP) is 1.00. The average molecular weight is 221 g/mol. The molecule has 1 aromatic rings. The molecule has 0 saturated carbocycles. The summed E-state index contributed by atoms with van der Waals surface area (Å²) in [5.74, 6) is 1.47. The number of hydrogen-bond acceptors (Lipinski definition) is 3. The van der Waals surface area contributed by atoms with E-state index < -0.39 is 0 Å². The lowest BCUT2D eigenvalue weighted by Gasteiger charge is -2.16. The molecule has 0 aliphatic carbocycles.